The van der Waals surface area contributed by atoms with Crippen molar-refractivity contribution in [3.8, 4) is 11.3 Å². The van der Waals surface area contributed by atoms with Gasteiger partial charge in [-0.2, -0.15) is 0 Å². The number of aryl methyl sites for hydroxylation is 1. The monoisotopic (exact) mass is 381 g/mol. The Morgan fingerprint density at radius 3 is 3.07 bits per heavy atom. The molecule has 0 bridgehead atoms. The lowest BCUT2D eigenvalue weighted by Crippen LogP contribution is -2.14. The van der Waals surface area contributed by atoms with Gasteiger partial charge in [-0.3, -0.25) is 4.79 Å². The van der Waals surface area contributed by atoms with Gasteiger partial charge in [0.1, 0.15) is 5.69 Å². The second-order valence-corrected chi connectivity index (χ2v) is 7.38. The van der Waals surface area contributed by atoms with Gasteiger partial charge in [-0.1, -0.05) is 24.3 Å². The smallest absolute Gasteiger partial charge is 0.354 e. The quantitative estimate of drug-likeness (QED) is 0.655. The minimum absolute atomic E-state index is 0.0260. The minimum atomic E-state index is -0.429. The number of nitrogens with zero attached hydrogens (tertiary/aromatic N) is 1. The Morgan fingerprint density at radius 1 is 1.37 bits per heavy atom. The molecular weight excluding hydrogens is 362 g/mol. The highest BCUT2D eigenvalue weighted by Gasteiger charge is 2.24. The maximum atomic E-state index is 12.4. The highest BCUT2D eigenvalue weighted by atomic mass is 32.1. The van der Waals surface area contributed by atoms with E-state index >= 15 is 0 Å². The first-order valence-electron chi connectivity index (χ1n) is 8.74. The van der Waals surface area contributed by atoms with Crippen molar-refractivity contribution in [2.45, 2.75) is 25.2 Å². The molecule has 2 aromatic heterocycles. The van der Waals surface area contributed by atoms with Crippen LogP contribution in [0.3, 0.4) is 0 Å². The summed E-state index contributed by atoms with van der Waals surface area (Å²) < 4.78 is 4.69. The number of benzene rings is 1. The molecule has 0 spiro atoms. The van der Waals surface area contributed by atoms with Crippen molar-refractivity contribution >= 4 is 28.3 Å². The molecule has 0 saturated carbocycles. The van der Waals surface area contributed by atoms with Gasteiger partial charge in [0.15, 0.2) is 5.13 Å². The Morgan fingerprint density at radius 2 is 2.22 bits per heavy atom. The van der Waals surface area contributed by atoms with Gasteiger partial charge in [0.2, 0.25) is 5.91 Å². The van der Waals surface area contributed by atoms with E-state index in [1.807, 2.05) is 17.5 Å². The van der Waals surface area contributed by atoms with Gasteiger partial charge >= 0.3 is 5.97 Å². The number of carbonyl (C=O) groups is 2. The molecule has 0 aliphatic heterocycles. The van der Waals surface area contributed by atoms with E-state index < -0.39 is 5.97 Å². The molecule has 3 aromatic rings. The number of hydrogen-bond acceptors (Lipinski definition) is 5. The molecule has 1 aliphatic rings. The summed E-state index contributed by atoms with van der Waals surface area (Å²) >= 11 is 1.37. The molecule has 1 atom stereocenters. The molecule has 0 fully saturated rings. The third-order valence-electron chi connectivity index (χ3n) is 4.82. The van der Waals surface area contributed by atoms with E-state index in [0.29, 0.717) is 22.9 Å². The lowest BCUT2D eigenvalue weighted by atomic mass is 9.97. The first kappa shape index (κ1) is 17.5. The Balaban J connectivity index is 1.40. The summed E-state index contributed by atoms with van der Waals surface area (Å²) in [6, 6.07) is 10.0. The lowest BCUT2D eigenvalue weighted by molar-refractivity contribution is -0.116. The number of amides is 1. The molecule has 7 heteroatoms. The van der Waals surface area contributed by atoms with Crippen LogP contribution in [0.5, 0.6) is 0 Å². The van der Waals surface area contributed by atoms with Gasteiger partial charge in [-0.25, -0.2) is 9.78 Å². The molecule has 1 aromatic carbocycles. The summed E-state index contributed by atoms with van der Waals surface area (Å²) in [5.74, 6) is -0.184. The number of methoxy groups -OCH3 is 1. The topological polar surface area (TPSA) is 84.1 Å². The van der Waals surface area contributed by atoms with E-state index in [4.69, 9.17) is 0 Å². The van der Waals surface area contributed by atoms with E-state index in [1.54, 1.807) is 12.3 Å². The lowest BCUT2D eigenvalue weighted by Gasteiger charge is -2.10. The van der Waals surface area contributed by atoms with Gasteiger partial charge in [0.05, 0.1) is 12.8 Å². The molecule has 138 valence electrons. The second-order valence-electron chi connectivity index (χ2n) is 6.52. The first-order chi connectivity index (χ1) is 13.1. The molecule has 0 radical (unpaired) electrons. The second kappa shape index (κ2) is 7.36. The predicted molar refractivity (Wildman–Crippen MR) is 104 cm³/mol. The maximum absolute atomic E-state index is 12.4. The van der Waals surface area contributed by atoms with E-state index in [2.05, 4.69) is 32.2 Å². The number of rotatable bonds is 5. The van der Waals surface area contributed by atoms with Crippen molar-refractivity contribution < 1.29 is 14.3 Å². The van der Waals surface area contributed by atoms with Gasteiger partial charge in [-0.05, 0) is 36.0 Å². The zero-order valence-electron chi connectivity index (χ0n) is 14.8. The van der Waals surface area contributed by atoms with Crippen LogP contribution in [0.4, 0.5) is 5.13 Å². The number of thiazole rings is 1. The van der Waals surface area contributed by atoms with Gasteiger partial charge in [-0.15, -0.1) is 11.3 Å². The number of esters is 1. The van der Waals surface area contributed by atoms with Crippen molar-refractivity contribution in [3.05, 3.63) is 58.7 Å². The van der Waals surface area contributed by atoms with Gasteiger partial charge in [0, 0.05) is 23.6 Å². The zero-order chi connectivity index (χ0) is 18.8. The van der Waals surface area contributed by atoms with E-state index in [9.17, 15) is 9.59 Å². The fraction of sp³-hybridized carbons (Fsp3) is 0.250. The molecule has 27 heavy (non-hydrogen) atoms. The largest absolute Gasteiger partial charge is 0.464 e. The van der Waals surface area contributed by atoms with E-state index in [-0.39, 0.29) is 11.8 Å². The van der Waals surface area contributed by atoms with Crippen LogP contribution < -0.4 is 5.32 Å². The van der Waals surface area contributed by atoms with Crippen LogP contribution in [-0.4, -0.2) is 29.0 Å². The predicted octanol–water partition coefficient (Wildman–Crippen LogP) is 3.98. The van der Waals surface area contributed by atoms with Crippen molar-refractivity contribution in [3.63, 3.8) is 0 Å². The fourth-order valence-electron chi connectivity index (χ4n) is 3.49. The third kappa shape index (κ3) is 3.64. The molecule has 2 N–H and O–H groups in total. The number of H-pyrrole nitrogens is 1. The molecule has 1 unspecified atom stereocenters. The van der Waals surface area contributed by atoms with Crippen LogP contribution in [0.1, 0.15) is 40.4 Å². The molecule has 1 aliphatic carbocycles. The van der Waals surface area contributed by atoms with Gasteiger partial charge in [0.25, 0.3) is 0 Å². The normalized spacial score (nSPS) is 15.4. The molecular formula is C20H19N3O3S. The number of hydrogen-bond donors (Lipinski definition) is 2. The van der Waals surface area contributed by atoms with Crippen LogP contribution >= 0.6 is 11.3 Å². The third-order valence-corrected chi connectivity index (χ3v) is 5.58. The highest BCUT2D eigenvalue weighted by molar-refractivity contribution is 7.14. The fourth-order valence-corrected chi connectivity index (χ4v) is 4.22. The summed E-state index contributed by atoms with van der Waals surface area (Å²) in [6.07, 6.45) is 4.20. The Hall–Kier alpha value is -2.93. The van der Waals surface area contributed by atoms with Crippen molar-refractivity contribution in [2.24, 2.45) is 0 Å². The number of ether oxygens (including phenoxy) is 1. The summed E-state index contributed by atoms with van der Waals surface area (Å²) in [5, 5.41) is 5.31. The summed E-state index contributed by atoms with van der Waals surface area (Å²) in [6.45, 7) is 0. The van der Waals surface area contributed by atoms with Crippen LogP contribution in [0.15, 0.2) is 41.9 Å². The SMILES string of the molecule is COC(=O)c1cc(-c2csc(NC(=O)CC3CCc4ccccc43)n2)c[nH]1. The van der Waals surface area contributed by atoms with Crippen LogP contribution in [0.25, 0.3) is 11.3 Å². The van der Waals surface area contributed by atoms with Crippen molar-refractivity contribution in [2.75, 3.05) is 12.4 Å². The van der Waals surface area contributed by atoms with Crippen LogP contribution in [0.2, 0.25) is 0 Å². The Bertz CT molecular complexity index is 992. The highest BCUT2D eigenvalue weighted by Crippen LogP contribution is 2.35. The average Bonchev–Trinajstić information content (AvgIpc) is 3.41. The number of aromatic amines is 1. The first-order valence-corrected chi connectivity index (χ1v) is 9.62. The Labute approximate surface area is 160 Å². The maximum Gasteiger partial charge on any atom is 0.354 e. The summed E-state index contributed by atoms with van der Waals surface area (Å²) in [4.78, 5) is 31.3. The number of aromatic nitrogens is 2. The van der Waals surface area contributed by atoms with E-state index in [1.165, 1.54) is 29.6 Å². The number of carbonyl (C=O) groups excluding carboxylic acids is 2. The van der Waals surface area contributed by atoms with Crippen LogP contribution in [-0.2, 0) is 16.0 Å². The summed E-state index contributed by atoms with van der Waals surface area (Å²) in [5.41, 5.74) is 4.48. The number of anilines is 1. The molecule has 4 rings (SSSR count). The molecule has 2 heterocycles. The standard InChI is InChI=1S/C20H19N3O3S/c1-26-19(25)16-8-14(10-21-16)17-11-27-20(22-17)23-18(24)9-13-7-6-12-4-2-3-5-15(12)13/h2-5,8,10-11,13,21H,6-7,9H2,1H3,(H,22,23,24). The van der Waals surface area contributed by atoms with E-state index in [0.717, 1.165) is 18.4 Å². The van der Waals surface area contributed by atoms with Crippen molar-refractivity contribution in [1.82, 2.24) is 9.97 Å². The number of fused-ring (bicyclic) bond motifs is 1. The molecule has 6 nitrogen and oxygen atoms in total. The number of nitrogens with one attached hydrogen (secondary N) is 2. The van der Waals surface area contributed by atoms with Crippen molar-refractivity contribution in [1.29, 1.82) is 0 Å². The van der Waals surface area contributed by atoms with Gasteiger partial charge < -0.3 is 15.0 Å². The minimum Gasteiger partial charge on any atom is -0.464 e. The average molecular weight is 381 g/mol. The molecule has 0 saturated heterocycles. The molecule has 1 amide bonds. The Kier molecular flexibility index (Phi) is 4.77. The van der Waals surface area contributed by atoms with Crippen LogP contribution in [0, 0.1) is 0 Å². The summed E-state index contributed by atoms with van der Waals surface area (Å²) in [7, 11) is 1.34. The zero-order valence-corrected chi connectivity index (χ0v) is 15.6.